The van der Waals surface area contributed by atoms with E-state index >= 15 is 0 Å². The quantitative estimate of drug-likeness (QED) is 0.198. The van der Waals surface area contributed by atoms with Crippen LogP contribution in [0.25, 0.3) is 54.6 Å². The number of para-hydroxylation sites is 1. The molecule has 0 saturated carbocycles. The second kappa shape index (κ2) is 10.2. The lowest BCUT2D eigenvalue weighted by Crippen LogP contribution is -2.16. The Morgan fingerprint density at radius 1 is 0.413 bits per heavy atom. The summed E-state index contributed by atoms with van der Waals surface area (Å²) in [6.45, 7) is 4.75. The predicted molar refractivity (Wildman–Crippen MR) is 197 cm³/mol. The van der Waals surface area contributed by atoms with Crippen molar-refractivity contribution >= 4 is 49.4 Å². The average Bonchev–Trinajstić information content (AvgIpc) is 3.33. The molecule has 0 bridgehead atoms. The van der Waals surface area contributed by atoms with E-state index in [1.165, 1.54) is 77.1 Å². The molecule has 8 aromatic carbocycles. The van der Waals surface area contributed by atoms with Gasteiger partial charge in [0.1, 0.15) is 0 Å². The Balaban J connectivity index is 1.38. The molecule has 9 rings (SSSR count). The third kappa shape index (κ3) is 4.02. The molecule has 0 aromatic heterocycles. The summed E-state index contributed by atoms with van der Waals surface area (Å²) in [6, 6.07) is 60.3. The highest BCUT2D eigenvalue weighted by Gasteiger charge is 2.38. The van der Waals surface area contributed by atoms with E-state index in [1.807, 2.05) is 0 Å². The summed E-state index contributed by atoms with van der Waals surface area (Å²) in [5, 5.41) is 7.53. The van der Waals surface area contributed by atoms with E-state index in [0.717, 1.165) is 5.69 Å². The molecular formula is C45H33N. The van der Waals surface area contributed by atoms with Gasteiger partial charge < -0.3 is 4.90 Å². The zero-order valence-corrected chi connectivity index (χ0v) is 26.0. The number of hydrogen-bond acceptors (Lipinski definition) is 1. The first-order chi connectivity index (χ1) is 22.6. The first kappa shape index (κ1) is 26.7. The van der Waals surface area contributed by atoms with Gasteiger partial charge >= 0.3 is 0 Å². The van der Waals surface area contributed by atoms with Crippen LogP contribution in [0.3, 0.4) is 0 Å². The Kier molecular flexibility index (Phi) is 5.92. The minimum absolute atomic E-state index is 0.127. The molecule has 0 unspecified atom stereocenters. The largest absolute Gasteiger partial charge is 0.309 e. The van der Waals surface area contributed by atoms with E-state index in [1.54, 1.807) is 0 Å². The molecular weight excluding hydrogens is 555 g/mol. The molecule has 0 amide bonds. The van der Waals surface area contributed by atoms with Crippen LogP contribution in [-0.2, 0) is 5.41 Å². The van der Waals surface area contributed by atoms with E-state index in [-0.39, 0.29) is 5.41 Å². The van der Waals surface area contributed by atoms with Gasteiger partial charge in [-0.15, -0.1) is 0 Å². The minimum Gasteiger partial charge on any atom is -0.309 e. The summed E-state index contributed by atoms with van der Waals surface area (Å²) in [7, 11) is 0. The Bertz CT molecular complexity index is 2450. The molecule has 0 atom stereocenters. The van der Waals surface area contributed by atoms with Gasteiger partial charge in [-0.25, -0.2) is 0 Å². The topological polar surface area (TPSA) is 3.24 Å². The van der Waals surface area contributed by atoms with Crippen molar-refractivity contribution in [2.24, 2.45) is 0 Å². The highest BCUT2D eigenvalue weighted by molar-refractivity contribution is 6.08. The summed E-state index contributed by atoms with van der Waals surface area (Å²) < 4.78 is 0. The van der Waals surface area contributed by atoms with Crippen molar-refractivity contribution in [3.05, 3.63) is 175 Å². The van der Waals surface area contributed by atoms with Crippen molar-refractivity contribution in [2.45, 2.75) is 19.3 Å². The van der Waals surface area contributed by atoms with E-state index < -0.39 is 0 Å². The lowest BCUT2D eigenvalue weighted by atomic mass is 9.82. The van der Waals surface area contributed by atoms with Crippen LogP contribution in [0, 0.1) is 0 Å². The number of benzene rings is 8. The standard InChI is InChI=1S/C45H33N/c1-45(2)39-21-12-22-41(44(39)38-28-33-16-8-9-17-34(33)29-40(38)45)46(36-18-4-3-5-19-36)42-26-25-31-14-10-11-20-37(31)43(42)35-24-23-30-13-6-7-15-32(30)27-35/h3-29H,1-2H3. The molecule has 0 aliphatic heterocycles. The Morgan fingerprint density at radius 2 is 1.02 bits per heavy atom. The maximum Gasteiger partial charge on any atom is 0.0546 e. The molecule has 1 heteroatoms. The van der Waals surface area contributed by atoms with E-state index in [2.05, 4.69) is 183 Å². The first-order valence-electron chi connectivity index (χ1n) is 16.1. The number of hydrogen-bond donors (Lipinski definition) is 0. The van der Waals surface area contributed by atoms with Crippen molar-refractivity contribution in [1.29, 1.82) is 0 Å². The third-order valence-corrected chi connectivity index (χ3v) is 9.99. The fraction of sp³-hybridized carbons (Fsp3) is 0.0667. The second-order valence-electron chi connectivity index (χ2n) is 13.0. The number of rotatable bonds is 4. The lowest BCUT2D eigenvalue weighted by molar-refractivity contribution is 0.661. The van der Waals surface area contributed by atoms with Gasteiger partial charge in [0.25, 0.3) is 0 Å². The molecule has 218 valence electrons. The molecule has 1 aliphatic rings. The highest BCUT2D eigenvalue weighted by Crippen LogP contribution is 2.56. The van der Waals surface area contributed by atoms with Crippen LogP contribution >= 0.6 is 0 Å². The van der Waals surface area contributed by atoms with Gasteiger partial charge in [-0.05, 0) is 97.0 Å². The summed E-state index contributed by atoms with van der Waals surface area (Å²) >= 11 is 0. The molecule has 0 N–H and O–H groups in total. The molecule has 0 fully saturated rings. The van der Waals surface area contributed by atoms with Crippen LogP contribution < -0.4 is 4.90 Å². The van der Waals surface area contributed by atoms with Crippen LogP contribution in [0.2, 0.25) is 0 Å². The van der Waals surface area contributed by atoms with Gasteiger partial charge in [-0.1, -0.05) is 135 Å². The number of fused-ring (bicyclic) bond motifs is 6. The van der Waals surface area contributed by atoms with Gasteiger partial charge in [-0.2, -0.15) is 0 Å². The Hall–Kier alpha value is -5.66. The van der Waals surface area contributed by atoms with Crippen LogP contribution in [0.15, 0.2) is 164 Å². The third-order valence-electron chi connectivity index (χ3n) is 9.99. The summed E-state index contributed by atoms with van der Waals surface area (Å²) in [4.78, 5) is 2.50. The van der Waals surface area contributed by atoms with Crippen molar-refractivity contribution < 1.29 is 0 Å². The summed E-state index contributed by atoms with van der Waals surface area (Å²) in [6.07, 6.45) is 0. The van der Waals surface area contributed by atoms with Crippen LogP contribution in [0.4, 0.5) is 17.1 Å². The van der Waals surface area contributed by atoms with E-state index in [9.17, 15) is 0 Å². The molecule has 1 aliphatic carbocycles. The van der Waals surface area contributed by atoms with Gasteiger partial charge in [0, 0.05) is 22.2 Å². The van der Waals surface area contributed by atoms with Gasteiger partial charge in [0.15, 0.2) is 0 Å². The molecule has 0 saturated heterocycles. The van der Waals surface area contributed by atoms with Crippen molar-refractivity contribution in [1.82, 2.24) is 0 Å². The number of anilines is 3. The number of nitrogens with zero attached hydrogens (tertiary/aromatic N) is 1. The molecule has 46 heavy (non-hydrogen) atoms. The molecule has 0 heterocycles. The van der Waals surface area contributed by atoms with E-state index in [4.69, 9.17) is 0 Å². The molecule has 1 nitrogen and oxygen atoms in total. The maximum absolute atomic E-state index is 2.50. The highest BCUT2D eigenvalue weighted by atomic mass is 15.1. The predicted octanol–water partition coefficient (Wildman–Crippen LogP) is 12.6. The molecule has 8 aromatic rings. The van der Waals surface area contributed by atoms with Crippen LogP contribution in [-0.4, -0.2) is 0 Å². The maximum atomic E-state index is 2.50. The monoisotopic (exact) mass is 587 g/mol. The summed E-state index contributed by atoms with van der Waals surface area (Å²) in [5.41, 5.74) is 11.2. The summed E-state index contributed by atoms with van der Waals surface area (Å²) in [5.74, 6) is 0. The zero-order valence-electron chi connectivity index (χ0n) is 26.0. The molecule has 0 spiro atoms. The SMILES string of the molecule is CC1(C)c2cc3ccccc3cc2-c2c(N(c3ccccc3)c3ccc4ccccc4c3-c3ccc4ccccc4c3)cccc21. The lowest BCUT2D eigenvalue weighted by Gasteiger charge is -2.31. The fourth-order valence-electron chi connectivity index (χ4n) is 7.72. The van der Waals surface area contributed by atoms with Crippen LogP contribution in [0.1, 0.15) is 25.0 Å². The minimum atomic E-state index is -0.127. The first-order valence-corrected chi connectivity index (χ1v) is 16.1. The van der Waals surface area contributed by atoms with Gasteiger partial charge in [0.05, 0.1) is 11.4 Å². The van der Waals surface area contributed by atoms with Gasteiger partial charge in [0.2, 0.25) is 0 Å². The Labute approximate surface area is 270 Å². The average molecular weight is 588 g/mol. The van der Waals surface area contributed by atoms with Crippen LogP contribution in [0.5, 0.6) is 0 Å². The smallest absolute Gasteiger partial charge is 0.0546 e. The Morgan fingerprint density at radius 3 is 1.80 bits per heavy atom. The normalized spacial score (nSPS) is 13.2. The van der Waals surface area contributed by atoms with Crippen molar-refractivity contribution in [3.8, 4) is 22.3 Å². The van der Waals surface area contributed by atoms with Crippen molar-refractivity contribution in [2.75, 3.05) is 4.90 Å². The van der Waals surface area contributed by atoms with Crippen molar-refractivity contribution in [3.63, 3.8) is 0 Å². The van der Waals surface area contributed by atoms with E-state index in [0.29, 0.717) is 0 Å². The second-order valence-corrected chi connectivity index (χ2v) is 13.0. The zero-order chi connectivity index (χ0) is 30.8. The molecule has 0 radical (unpaired) electrons. The van der Waals surface area contributed by atoms with Gasteiger partial charge in [-0.3, -0.25) is 0 Å². The fourth-order valence-corrected chi connectivity index (χ4v) is 7.72.